The van der Waals surface area contributed by atoms with Crippen molar-refractivity contribution in [2.24, 2.45) is 0 Å². The number of hydrogen-bond donors (Lipinski definition) is 2. The molecule has 1 fully saturated rings. The van der Waals surface area contributed by atoms with Crippen molar-refractivity contribution in [2.45, 2.75) is 44.2 Å². The molecule has 7 nitrogen and oxygen atoms in total. The van der Waals surface area contributed by atoms with Crippen molar-refractivity contribution in [1.29, 1.82) is 0 Å². The van der Waals surface area contributed by atoms with E-state index in [9.17, 15) is 13.2 Å². The number of esters is 1. The van der Waals surface area contributed by atoms with Crippen LogP contribution in [0.15, 0.2) is 29.2 Å². The Morgan fingerprint density at radius 3 is 2.38 bits per heavy atom. The topological polar surface area (TPSA) is 102 Å². The Hall–Kier alpha value is -1.48. The predicted molar refractivity (Wildman–Crippen MR) is 89.4 cm³/mol. The summed E-state index contributed by atoms with van der Waals surface area (Å²) in [6, 6.07) is 5.99. The molecule has 0 aromatic heterocycles. The number of benzene rings is 1. The highest BCUT2D eigenvalue weighted by molar-refractivity contribution is 7.85. The molecule has 0 bridgehead atoms. The third kappa shape index (κ3) is 6.96. The molecule has 2 N–H and O–H groups in total. The van der Waals surface area contributed by atoms with Gasteiger partial charge >= 0.3 is 5.97 Å². The minimum Gasteiger partial charge on any atom is -0.464 e. The van der Waals surface area contributed by atoms with E-state index in [0.717, 1.165) is 5.56 Å². The summed E-state index contributed by atoms with van der Waals surface area (Å²) >= 11 is 0. The van der Waals surface area contributed by atoms with E-state index in [2.05, 4.69) is 5.32 Å². The number of ether oxygens (including phenoxy) is 2. The van der Waals surface area contributed by atoms with E-state index in [4.69, 9.17) is 14.0 Å². The second kappa shape index (κ2) is 8.57. The maximum Gasteiger partial charge on any atom is 0.336 e. The molecule has 1 aromatic rings. The van der Waals surface area contributed by atoms with Crippen molar-refractivity contribution < 1.29 is 27.2 Å². The first-order chi connectivity index (χ1) is 11.0. The summed E-state index contributed by atoms with van der Waals surface area (Å²) in [7, 11) is -4.02. The van der Waals surface area contributed by atoms with Gasteiger partial charge in [-0.05, 0) is 39.8 Å². The van der Waals surface area contributed by atoms with Crippen LogP contribution in [0.2, 0.25) is 0 Å². The summed E-state index contributed by atoms with van der Waals surface area (Å²) in [5.74, 6) is -0.273. The van der Waals surface area contributed by atoms with E-state index < -0.39 is 16.2 Å². The van der Waals surface area contributed by atoms with Gasteiger partial charge in [0.05, 0.1) is 18.1 Å². The monoisotopic (exact) mass is 359 g/mol. The Balaban J connectivity index is 0.000000243. The molecule has 1 unspecified atom stereocenters. The molecule has 8 heteroatoms. The van der Waals surface area contributed by atoms with Gasteiger partial charge in [0, 0.05) is 12.1 Å². The van der Waals surface area contributed by atoms with Crippen LogP contribution in [0.3, 0.4) is 0 Å². The van der Waals surface area contributed by atoms with E-state index in [1.807, 2.05) is 20.8 Å². The zero-order valence-corrected chi connectivity index (χ0v) is 15.2. The van der Waals surface area contributed by atoms with Gasteiger partial charge in [-0.3, -0.25) is 4.55 Å². The zero-order chi connectivity index (χ0) is 18.4. The molecular weight excluding hydrogens is 334 g/mol. The normalized spacial score (nSPS) is 19.8. The van der Waals surface area contributed by atoms with Gasteiger partial charge in [-0.25, -0.2) is 4.79 Å². The minimum absolute atomic E-state index is 0.0387. The standard InChI is InChI=1S/C9H17NO3.C7H8O3S/c1-4-12-8(11)7-5-10-9(2,3)6-13-7;1-6-2-4-7(5-3-6)11(8,9)10/h7,10H,4-6H2,1-3H3;2-5H,1H3,(H,8,9,10). The summed E-state index contributed by atoms with van der Waals surface area (Å²) in [6.45, 7) is 9.18. The number of morpholine rings is 1. The average Bonchev–Trinajstić information content (AvgIpc) is 2.47. The predicted octanol–water partition coefficient (Wildman–Crippen LogP) is 1.56. The molecular formula is C16H25NO6S. The molecule has 1 aromatic carbocycles. The molecule has 0 radical (unpaired) electrons. The lowest BCUT2D eigenvalue weighted by atomic mass is 10.0. The van der Waals surface area contributed by atoms with Gasteiger partial charge in [0.2, 0.25) is 0 Å². The molecule has 1 atom stereocenters. The van der Waals surface area contributed by atoms with Crippen LogP contribution in [0.5, 0.6) is 0 Å². The van der Waals surface area contributed by atoms with Crippen molar-refractivity contribution in [3.05, 3.63) is 29.8 Å². The largest absolute Gasteiger partial charge is 0.464 e. The van der Waals surface area contributed by atoms with Gasteiger partial charge in [0.25, 0.3) is 10.1 Å². The minimum atomic E-state index is -4.02. The van der Waals surface area contributed by atoms with E-state index >= 15 is 0 Å². The molecule has 1 heterocycles. The highest BCUT2D eigenvalue weighted by Gasteiger charge is 2.31. The van der Waals surface area contributed by atoms with Crippen molar-refractivity contribution in [3.8, 4) is 0 Å². The summed E-state index contributed by atoms with van der Waals surface area (Å²) in [6.07, 6.45) is -0.437. The summed E-state index contributed by atoms with van der Waals surface area (Å²) in [5.41, 5.74) is 0.917. The number of hydrogen-bond acceptors (Lipinski definition) is 6. The van der Waals surface area contributed by atoms with Gasteiger partial charge in [-0.1, -0.05) is 17.7 Å². The Labute approximate surface area is 143 Å². The van der Waals surface area contributed by atoms with Crippen LogP contribution in [0.4, 0.5) is 0 Å². The van der Waals surface area contributed by atoms with Crippen molar-refractivity contribution in [2.75, 3.05) is 19.8 Å². The fraction of sp³-hybridized carbons (Fsp3) is 0.562. The second-order valence-electron chi connectivity index (χ2n) is 6.10. The average molecular weight is 359 g/mol. The van der Waals surface area contributed by atoms with Crippen molar-refractivity contribution >= 4 is 16.1 Å². The molecule has 1 saturated heterocycles. The fourth-order valence-corrected chi connectivity index (χ4v) is 2.36. The summed E-state index contributed by atoms with van der Waals surface area (Å²) < 4.78 is 39.8. The van der Waals surface area contributed by atoms with E-state index in [1.54, 1.807) is 19.1 Å². The molecule has 1 aliphatic rings. The molecule has 136 valence electrons. The lowest BCUT2D eigenvalue weighted by Crippen LogP contribution is -2.55. The van der Waals surface area contributed by atoms with Crippen LogP contribution < -0.4 is 5.32 Å². The summed E-state index contributed by atoms with van der Waals surface area (Å²) in [5, 5.41) is 3.22. The third-order valence-corrected chi connectivity index (χ3v) is 4.15. The quantitative estimate of drug-likeness (QED) is 0.624. The number of aryl methyl sites for hydroxylation is 1. The number of nitrogens with one attached hydrogen (secondary N) is 1. The van der Waals surface area contributed by atoms with Crippen LogP contribution in [0.1, 0.15) is 26.3 Å². The van der Waals surface area contributed by atoms with E-state index in [-0.39, 0.29) is 16.4 Å². The highest BCUT2D eigenvalue weighted by Crippen LogP contribution is 2.11. The Morgan fingerprint density at radius 1 is 1.38 bits per heavy atom. The Kier molecular flexibility index (Phi) is 7.34. The smallest absolute Gasteiger partial charge is 0.336 e. The molecule has 1 aliphatic heterocycles. The van der Waals surface area contributed by atoms with Gasteiger partial charge in [-0.15, -0.1) is 0 Å². The van der Waals surface area contributed by atoms with Crippen LogP contribution in [-0.2, 0) is 24.4 Å². The first-order valence-corrected chi connectivity index (χ1v) is 9.06. The molecule has 2 rings (SSSR count). The molecule has 0 spiro atoms. The van der Waals surface area contributed by atoms with Crippen LogP contribution in [-0.4, -0.2) is 50.3 Å². The highest BCUT2D eigenvalue weighted by atomic mass is 32.2. The number of carbonyl (C=O) groups is 1. The SMILES string of the molecule is CCOC(=O)C1CNC(C)(C)CO1.Cc1ccc(S(=O)(=O)O)cc1. The van der Waals surface area contributed by atoms with Crippen molar-refractivity contribution in [3.63, 3.8) is 0 Å². The fourth-order valence-electron chi connectivity index (χ4n) is 1.88. The second-order valence-corrected chi connectivity index (χ2v) is 7.53. The lowest BCUT2D eigenvalue weighted by molar-refractivity contribution is -0.161. The third-order valence-electron chi connectivity index (χ3n) is 3.28. The lowest BCUT2D eigenvalue weighted by Gasteiger charge is -2.34. The summed E-state index contributed by atoms with van der Waals surface area (Å²) in [4.78, 5) is 11.2. The molecule has 0 saturated carbocycles. The van der Waals surface area contributed by atoms with E-state index in [0.29, 0.717) is 19.8 Å². The van der Waals surface area contributed by atoms with Gasteiger partial charge in [0.1, 0.15) is 0 Å². The van der Waals surface area contributed by atoms with Crippen LogP contribution >= 0.6 is 0 Å². The van der Waals surface area contributed by atoms with Gasteiger partial charge < -0.3 is 14.8 Å². The number of rotatable bonds is 3. The van der Waals surface area contributed by atoms with Gasteiger partial charge in [0.15, 0.2) is 6.10 Å². The van der Waals surface area contributed by atoms with Crippen LogP contribution in [0, 0.1) is 6.92 Å². The van der Waals surface area contributed by atoms with E-state index in [1.165, 1.54) is 12.1 Å². The number of carbonyl (C=O) groups excluding carboxylic acids is 1. The molecule has 0 amide bonds. The maximum atomic E-state index is 11.2. The Morgan fingerprint density at radius 2 is 1.96 bits per heavy atom. The zero-order valence-electron chi connectivity index (χ0n) is 14.4. The van der Waals surface area contributed by atoms with Crippen molar-refractivity contribution in [1.82, 2.24) is 5.32 Å². The Bertz CT molecular complexity index is 629. The van der Waals surface area contributed by atoms with Crippen LogP contribution in [0.25, 0.3) is 0 Å². The van der Waals surface area contributed by atoms with Gasteiger partial charge in [-0.2, -0.15) is 8.42 Å². The first-order valence-electron chi connectivity index (χ1n) is 7.62. The maximum absolute atomic E-state index is 11.2. The first kappa shape index (κ1) is 20.6. The molecule has 0 aliphatic carbocycles. The molecule has 24 heavy (non-hydrogen) atoms.